The normalized spacial score (nSPS) is 16.9. The van der Waals surface area contributed by atoms with Crippen LogP contribution in [0.2, 0.25) is 0 Å². The fourth-order valence-electron chi connectivity index (χ4n) is 2.64. The topological polar surface area (TPSA) is 58.4 Å². The number of anilines is 1. The monoisotopic (exact) mass is 299 g/mol. The van der Waals surface area contributed by atoms with Crippen LogP contribution in [0.4, 0.5) is 20.2 Å². The van der Waals surface area contributed by atoms with Gasteiger partial charge in [0.05, 0.1) is 4.92 Å². The summed E-state index contributed by atoms with van der Waals surface area (Å²) in [5, 5.41) is 13.7. The highest BCUT2D eigenvalue weighted by Crippen LogP contribution is 2.29. The number of rotatable bonds is 6. The molecule has 1 aromatic carbocycles. The summed E-state index contributed by atoms with van der Waals surface area (Å²) < 4.78 is 26.7. The van der Waals surface area contributed by atoms with Gasteiger partial charge in [0.15, 0.2) is 0 Å². The zero-order valence-electron chi connectivity index (χ0n) is 11.9. The SMILES string of the molecule is CC(CNc1cc(F)cc(F)c1[N+](=O)[O-])CN1CCCC1. The minimum absolute atomic E-state index is 0.106. The predicted molar refractivity (Wildman–Crippen MR) is 76.3 cm³/mol. The molecular weight excluding hydrogens is 280 g/mol. The Bertz CT molecular complexity index is 519. The number of hydrogen-bond acceptors (Lipinski definition) is 4. The van der Waals surface area contributed by atoms with Crippen molar-refractivity contribution in [1.82, 2.24) is 4.90 Å². The molecule has 0 amide bonds. The van der Waals surface area contributed by atoms with Gasteiger partial charge >= 0.3 is 5.69 Å². The molecule has 21 heavy (non-hydrogen) atoms. The zero-order chi connectivity index (χ0) is 15.4. The second-order valence-electron chi connectivity index (χ2n) is 5.53. The van der Waals surface area contributed by atoms with Gasteiger partial charge < -0.3 is 10.2 Å². The molecular formula is C14H19F2N3O2. The molecule has 1 atom stereocenters. The Morgan fingerprint density at radius 1 is 1.38 bits per heavy atom. The van der Waals surface area contributed by atoms with Crippen LogP contribution in [0.3, 0.4) is 0 Å². The highest BCUT2D eigenvalue weighted by molar-refractivity contribution is 5.62. The molecule has 1 heterocycles. The van der Waals surface area contributed by atoms with Gasteiger partial charge in [-0.25, -0.2) is 4.39 Å². The van der Waals surface area contributed by atoms with Crippen molar-refractivity contribution in [2.45, 2.75) is 19.8 Å². The number of benzene rings is 1. The molecule has 7 heteroatoms. The summed E-state index contributed by atoms with van der Waals surface area (Å²) in [6.07, 6.45) is 2.39. The molecule has 0 aliphatic carbocycles. The van der Waals surface area contributed by atoms with Crippen LogP contribution < -0.4 is 5.32 Å². The van der Waals surface area contributed by atoms with Crippen LogP contribution in [0, 0.1) is 27.7 Å². The van der Waals surface area contributed by atoms with E-state index >= 15 is 0 Å². The summed E-state index contributed by atoms with van der Waals surface area (Å²) in [7, 11) is 0. The van der Waals surface area contributed by atoms with Gasteiger partial charge in [0.2, 0.25) is 5.82 Å². The minimum Gasteiger partial charge on any atom is -0.379 e. The Labute approximate surface area is 122 Å². The number of nitro benzene ring substituents is 1. The molecule has 116 valence electrons. The molecule has 0 radical (unpaired) electrons. The van der Waals surface area contributed by atoms with E-state index in [2.05, 4.69) is 10.2 Å². The molecule has 0 saturated carbocycles. The lowest BCUT2D eigenvalue weighted by atomic mass is 10.1. The first kappa shape index (κ1) is 15.6. The Morgan fingerprint density at radius 2 is 2.05 bits per heavy atom. The first-order valence-electron chi connectivity index (χ1n) is 7.07. The van der Waals surface area contributed by atoms with Crippen molar-refractivity contribution in [2.75, 3.05) is 31.5 Å². The third-order valence-corrected chi connectivity index (χ3v) is 3.62. The fourth-order valence-corrected chi connectivity index (χ4v) is 2.64. The van der Waals surface area contributed by atoms with Crippen LogP contribution in [-0.2, 0) is 0 Å². The third-order valence-electron chi connectivity index (χ3n) is 3.62. The van der Waals surface area contributed by atoms with E-state index in [1.54, 1.807) is 0 Å². The third kappa shape index (κ3) is 4.10. The molecule has 0 spiro atoms. The Morgan fingerprint density at radius 3 is 2.67 bits per heavy atom. The van der Waals surface area contributed by atoms with Gasteiger partial charge in [0.25, 0.3) is 0 Å². The van der Waals surface area contributed by atoms with E-state index in [0.717, 1.165) is 25.7 Å². The van der Waals surface area contributed by atoms with Crippen molar-refractivity contribution < 1.29 is 13.7 Å². The molecule has 0 aromatic heterocycles. The van der Waals surface area contributed by atoms with Gasteiger partial charge in [0.1, 0.15) is 11.5 Å². The van der Waals surface area contributed by atoms with Gasteiger partial charge in [-0.2, -0.15) is 4.39 Å². The zero-order valence-corrected chi connectivity index (χ0v) is 11.9. The number of hydrogen-bond donors (Lipinski definition) is 1. The standard InChI is InChI=1S/C14H19F2N3O2/c1-10(9-18-4-2-3-5-18)8-17-13-7-11(15)6-12(16)14(13)19(20)21/h6-7,10,17H,2-5,8-9H2,1H3. The smallest absolute Gasteiger partial charge is 0.327 e. The maximum absolute atomic E-state index is 13.5. The number of nitrogens with one attached hydrogen (secondary N) is 1. The summed E-state index contributed by atoms with van der Waals surface area (Å²) in [5.41, 5.74) is -0.810. The quantitative estimate of drug-likeness (QED) is 0.648. The van der Waals surface area contributed by atoms with Gasteiger partial charge in [-0.15, -0.1) is 0 Å². The van der Waals surface area contributed by atoms with Crippen LogP contribution in [0.15, 0.2) is 12.1 Å². The molecule has 1 fully saturated rings. The molecule has 2 rings (SSSR count). The van der Waals surface area contributed by atoms with Gasteiger partial charge in [0, 0.05) is 25.2 Å². The fraction of sp³-hybridized carbons (Fsp3) is 0.571. The molecule has 1 aliphatic heterocycles. The van der Waals surface area contributed by atoms with Crippen LogP contribution in [0.5, 0.6) is 0 Å². The van der Waals surface area contributed by atoms with Crippen LogP contribution in [0.1, 0.15) is 19.8 Å². The Balaban J connectivity index is 2.00. The molecule has 0 bridgehead atoms. The van der Waals surface area contributed by atoms with E-state index in [9.17, 15) is 18.9 Å². The van der Waals surface area contributed by atoms with Crippen molar-refractivity contribution >= 4 is 11.4 Å². The lowest BCUT2D eigenvalue weighted by Crippen LogP contribution is -2.29. The van der Waals surface area contributed by atoms with Crippen molar-refractivity contribution in [3.05, 3.63) is 33.9 Å². The highest BCUT2D eigenvalue weighted by atomic mass is 19.1. The maximum Gasteiger partial charge on any atom is 0.327 e. The van der Waals surface area contributed by atoms with Gasteiger partial charge in [-0.05, 0) is 31.8 Å². The van der Waals surface area contributed by atoms with E-state index in [4.69, 9.17) is 0 Å². The predicted octanol–water partition coefficient (Wildman–Crippen LogP) is 3.02. The lowest BCUT2D eigenvalue weighted by molar-refractivity contribution is -0.386. The first-order valence-corrected chi connectivity index (χ1v) is 7.07. The van der Waals surface area contributed by atoms with Crippen LogP contribution in [-0.4, -0.2) is 36.0 Å². The van der Waals surface area contributed by atoms with E-state index in [1.807, 2.05) is 6.92 Å². The summed E-state index contributed by atoms with van der Waals surface area (Å²) in [4.78, 5) is 12.4. The van der Waals surface area contributed by atoms with Crippen LogP contribution >= 0.6 is 0 Å². The molecule has 1 aliphatic rings. The molecule has 1 unspecified atom stereocenters. The average molecular weight is 299 g/mol. The Hall–Kier alpha value is -1.76. The van der Waals surface area contributed by atoms with E-state index in [0.29, 0.717) is 12.6 Å². The number of likely N-dealkylation sites (tertiary alicyclic amines) is 1. The van der Waals surface area contributed by atoms with E-state index in [1.165, 1.54) is 12.8 Å². The summed E-state index contributed by atoms with van der Waals surface area (Å²) in [6, 6.07) is 1.49. The first-order chi connectivity index (χ1) is 9.97. The summed E-state index contributed by atoms with van der Waals surface area (Å²) in [6.45, 7) is 5.45. The summed E-state index contributed by atoms with van der Waals surface area (Å²) in [5.74, 6) is -1.75. The van der Waals surface area contributed by atoms with Gasteiger partial charge in [-0.1, -0.05) is 6.92 Å². The molecule has 5 nitrogen and oxygen atoms in total. The van der Waals surface area contributed by atoms with E-state index in [-0.39, 0.29) is 11.6 Å². The minimum atomic E-state index is -1.16. The molecule has 1 N–H and O–H groups in total. The molecule has 1 saturated heterocycles. The largest absolute Gasteiger partial charge is 0.379 e. The highest BCUT2D eigenvalue weighted by Gasteiger charge is 2.22. The second kappa shape index (κ2) is 6.80. The van der Waals surface area contributed by atoms with E-state index < -0.39 is 22.2 Å². The average Bonchev–Trinajstić information content (AvgIpc) is 2.87. The number of halogens is 2. The van der Waals surface area contributed by atoms with Crippen molar-refractivity contribution in [1.29, 1.82) is 0 Å². The number of nitrogens with zero attached hydrogens (tertiary/aromatic N) is 2. The summed E-state index contributed by atoms with van der Waals surface area (Å²) >= 11 is 0. The van der Waals surface area contributed by atoms with Gasteiger partial charge in [-0.3, -0.25) is 10.1 Å². The van der Waals surface area contributed by atoms with Crippen LogP contribution in [0.25, 0.3) is 0 Å². The Kier molecular flexibility index (Phi) is 5.06. The lowest BCUT2D eigenvalue weighted by Gasteiger charge is -2.20. The second-order valence-corrected chi connectivity index (χ2v) is 5.53. The molecule has 1 aromatic rings. The maximum atomic E-state index is 13.5. The van der Waals surface area contributed by atoms with Crippen molar-refractivity contribution in [3.8, 4) is 0 Å². The van der Waals surface area contributed by atoms with Crippen molar-refractivity contribution in [2.24, 2.45) is 5.92 Å². The van der Waals surface area contributed by atoms with Crippen molar-refractivity contribution in [3.63, 3.8) is 0 Å². The number of nitro groups is 1.